The van der Waals surface area contributed by atoms with E-state index in [2.05, 4.69) is 9.97 Å². The number of pyridine rings is 2. The van der Waals surface area contributed by atoms with E-state index in [-0.39, 0.29) is 23.5 Å². The highest BCUT2D eigenvalue weighted by atomic mass is 16.6. The van der Waals surface area contributed by atoms with Gasteiger partial charge < -0.3 is 14.4 Å². The normalized spacial score (nSPS) is 17.3. The molecule has 1 atom stereocenters. The molecule has 1 saturated heterocycles. The van der Waals surface area contributed by atoms with E-state index >= 15 is 0 Å². The van der Waals surface area contributed by atoms with Gasteiger partial charge in [0.15, 0.2) is 12.4 Å². The van der Waals surface area contributed by atoms with Gasteiger partial charge in [0.25, 0.3) is 11.6 Å². The van der Waals surface area contributed by atoms with Crippen LogP contribution in [0, 0.1) is 17.0 Å². The van der Waals surface area contributed by atoms with Crippen molar-refractivity contribution in [2.45, 2.75) is 19.5 Å². The molecule has 1 amide bonds. The number of Topliss-reactive ketones (excluding diaryl/α,β-unsaturated/α-hetero) is 1. The Bertz CT molecular complexity index is 1510. The van der Waals surface area contributed by atoms with Crippen LogP contribution in [0.2, 0.25) is 0 Å². The van der Waals surface area contributed by atoms with Crippen molar-refractivity contribution in [3.8, 4) is 0 Å². The van der Waals surface area contributed by atoms with Crippen molar-refractivity contribution < 1.29 is 24.6 Å². The number of amides is 1. The predicted octanol–water partition coefficient (Wildman–Crippen LogP) is 1.79. The van der Waals surface area contributed by atoms with Crippen LogP contribution in [0.15, 0.2) is 78.8 Å². The molecule has 0 radical (unpaired) electrons. The van der Waals surface area contributed by atoms with Crippen molar-refractivity contribution in [3.05, 3.63) is 111 Å². The van der Waals surface area contributed by atoms with E-state index < -0.39 is 28.4 Å². The number of aryl methyl sites for hydroxylation is 1. The molecule has 0 saturated carbocycles. The minimum absolute atomic E-state index is 0.0620. The lowest BCUT2D eigenvalue weighted by atomic mass is 9.96. The van der Waals surface area contributed by atoms with Crippen LogP contribution in [-0.4, -0.2) is 30.9 Å². The molecule has 4 heterocycles. The number of nitrogens with one attached hydrogen (secondary N) is 1. The second kappa shape index (κ2) is 8.49. The third kappa shape index (κ3) is 3.70. The van der Waals surface area contributed by atoms with Crippen molar-refractivity contribution in [2.75, 3.05) is 0 Å². The van der Waals surface area contributed by atoms with Gasteiger partial charge >= 0.3 is 0 Å². The highest BCUT2D eigenvalue weighted by Crippen LogP contribution is 2.40. The molecule has 1 aliphatic heterocycles. The number of carbonyl (C=O) groups excluding carboxylic acids is 2. The number of aromatic nitrogens is 3. The van der Waals surface area contributed by atoms with Gasteiger partial charge in [-0.15, -0.1) is 0 Å². The van der Waals surface area contributed by atoms with E-state index in [0.717, 1.165) is 5.56 Å². The number of hydrogen-bond acceptors (Lipinski definition) is 6. The molecule has 1 unspecified atom stereocenters. The lowest BCUT2D eigenvalue weighted by Gasteiger charge is -2.27. The van der Waals surface area contributed by atoms with Crippen LogP contribution >= 0.6 is 0 Å². The zero-order valence-corrected chi connectivity index (χ0v) is 18.5. The largest absolute Gasteiger partial charge is 0.871 e. The first-order valence-electron chi connectivity index (χ1n) is 10.8. The van der Waals surface area contributed by atoms with Crippen molar-refractivity contribution >= 4 is 28.8 Å². The number of rotatable bonds is 5. The number of imidazole rings is 1. The smallest absolute Gasteiger partial charge is 0.295 e. The molecule has 1 aliphatic rings. The van der Waals surface area contributed by atoms with E-state index in [1.165, 1.54) is 29.2 Å². The number of likely N-dealkylation sites (tertiary alicyclic amines) is 1. The summed E-state index contributed by atoms with van der Waals surface area (Å²) in [5.41, 5.74) is 1.95. The van der Waals surface area contributed by atoms with Crippen molar-refractivity contribution in [1.82, 2.24) is 14.3 Å². The lowest BCUT2D eigenvalue weighted by Crippen LogP contribution is -2.29. The Morgan fingerprint density at radius 1 is 1.11 bits per heavy atom. The number of ketones is 1. The molecule has 35 heavy (non-hydrogen) atoms. The summed E-state index contributed by atoms with van der Waals surface area (Å²) in [4.78, 5) is 45.7. The summed E-state index contributed by atoms with van der Waals surface area (Å²) in [6, 6.07) is 13.3. The highest BCUT2D eigenvalue weighted by Gasteiger charge is 2.44. The van der Waals surface area contributed by atoms with Crippen LogP contribution in [-0.2, 0) is 16.1 Å². The standard InChI is InChI=1S/C25H19N5O5/c1-15-21(28-12-3-2-6-19(28)27-15)23(31)20-22(17-7-9-18(10-8-17)30(34)35)29(25(33)24(20)32)14-16-5-4-11-26-13-16/h2-13,22,31H,14H2,1H3. The summed E-state index contributed by atoms with van der Waals surface area (Å²) < 4.78 is 1.59. The number of nitro groups is 1. The molecular formula is C25H19N5O5. The Hall–Kier alpha value is -4.86. The molecule has 10 nitrogen and oxygen atoms in total. The molecule has 0 spiro atoms. The summed E-state index contributed by atoms with van der Waals surface area (Å²) >= 11 is 0. The number of non-ortho nitro benzene ring substituents is 1. The minimum Gasteiger partial charge on any atom is -0.871 e. The minimum atomic E-state index is -1.02. The number of aromatic amines is 1. The molecule has 4 aromatic rings. The average Bonchev–Trinajstić information content (AvgIpc) is 3.33. The summed E-state index contributed by atoms with van der Waals surface area (Å²) in [6.45, 7) is 1.73. The topological polar surface area (TPSA) is 135 Å². The third-order valence-corrected chi connectivity index (χ3v) is 5.99. The molecule has 1 fully saturated rings. The fourth-order valence-electron chi connectivity index (χ4n) is 4.40. The van der Waals surface area contributed by atoms with Crippen LogP contribution < -0.4 is 10.1 Å². The van der Waals surface area contributed by atoms with Crippen LogP contribution in [0.4, 0.5) is 5.69 Å². The number of carbonyl (C=O) groups is 2. The highest BCUT2D eigenvalue weighted by molar-refractivity contribution is 6.46. The molecule has 3 aromatic heterocycles. The van der Waals surface area contributed by atoms with E-state index in [9.17, 15) is 24.8 Å². The predicted molar refractivity (Wildman–Crippen MR) is 121 cm³/mol. The third-order valence-electron chi connectivity index (χ3n) is 5.99. The van der Waals surface area contributed by atoms with Crippen LogP contribution in [0.25, 0.3) is 11.4 Å². The van der Waals surface area contributed by atoms with E-state index in [1.807, 2.05) is 0 Å². The number of nitrogens with zero attached hydrogens (tertiary/aromatic N) is 4. The number of hydrogen-bond donors (Lipinski definition) is 0. The van der Waals surface area contributed by atoms with E-state index in [1.54, 1.807) is 60.2 Å². The van der Waals surface area contributed by atoms with Crippen molar-refractivity contribution in [1.29, 1.82) is 0 Å². The molecule has 5 rings (SSSR count). The number of H-pyrrole nitrogens is 1. The molecule has 174 valence electrons. The molecule has 0 aliphatic carbocycles. The monoisotopic (exact) mass is 469 g/mol. The summed E-state index contributed by atoms with van der Waals surface area (Å²) in [5, 5.41) is 25.0. The lowest BCUT2D eigenvalue weighted by molar-refractivity contribution is -0.384. The maximum absolute atomic E-state index is 13.8. The molecule has 0 bridgehead atoms. The zero-order valence-electron chi connectivity index (χ0n) is 18.5. The van der Waals surface area contributed by atoms with Gasteiger partial charge in [0, 0.05) is 35.5 Å². The van der Waals surface area contributed by atoms with E-state index in [0.29, 0.717) is 16.9 Å². The van der Waals surface area contributed by atoms with Gasteiger partial charge in [0.1, 0.15) is 5.65 Å². The van der Waals surface area contributed by atoms with Crippen LogP contribution in [0.5, 0.6) is 0 Å². The van der Waals surface area contributed by atoms with Crippen molar-refractivity contribution in [2.24, 2.45) is 0 Å². The van der Waals surface area contributed by atoms with Gasteiger partial charge in [-0.3, -0.25) is 19.7 Å². The van der Waals surface area contributed by atoms with Crippen molar-refractivity contribution in [3.63, 3.8) is 0 Å². The summed E-state index contributed by atoms with van der Waals surface area (Å²) in [6.07, 6.45) is 5.07. The number of benzene rings is 1. The Morgan fingerprint density at radius 2 is 1.89 bits per heavy atom. The van der Waals surface area contributed by atoms with Crippen LogP contribution in [0.3, 0.4) is 0 Å². The average molecular weight is 469 g/mol. The Kier molecular flexibility index (Phi) is 5.33. The fourth-order valence-corrected chi connectivity index (χ4v) is 4.40. The molecular weight excluding hydrogens is 450 g/mol. The first-order chi connectivity index (χ1) is 16.9. The Balaban J connectivity index is 1.71. The van der Waals surface area contributed by atoms with Gasteiger partial charge in [-0.05, 0) is 42.8 Å². The first kappa shape index (κ1) is 22.0. The SMILES string of the molecule is Cc1nc2ccccn2c1C([O-])=C1C(=O)C(=O)N(Cc2ccc[nH+]c2)C1c1ccc([N+](=O)[O-])cc1. The van der Waals surface area contributed by atoms with Gasteiger partial charge in [-0.2, -0.15) is 0 Å². The van der Waals surface area contributed by atoms with Gasteiger partial charge in [-0.25, -0.2) is 9.97 Å². The number of nitro benzene ring substituents is 1. The van der Waals surface area contributed by atoms with Crippen LogP contribution in [0.1, 0.15) is 28.6 Å². The number of fused-ring (bicyclic) bond motifs is 1. The summed E-state index contributed by atoms with van der Waals surface area (Å²) in [7, 11) is 0. The van der Waals surface area contributed by atoms with Gasteiger partial charge in [0.05, 0.1) is 28.9 Å². The van der Waals surface area contributed by atoms with Gasteiger partial charge in [-0.1, -0.05) is 11.8 Å². The Labute approximate surface area is 198 Å². The molecule has 1 N–H and O–H groups in total. The first-order valence-corrected chi connectivity index (χ1v) is 10.8. The van der Waals surface area contributed by atoms with E-state index in [4.69, 9.17) is 0 Å². The fraction of sp³-hybridized carbons (Fsp3) is 0.120. The summed E-state index contributed by atoms with van der Waals surface area (Å²) in [5.74, 6) is -2.32. The maximum Gasteiger partial charge on any atom is 0.295 e. The quantitative estimate of drug-likeness (QED) is 0.144. The van der Waals surface area contributed by atoms with Gasteiger partial charge in [0.2, 0.25) is 5.78 Å². The zero-order chi connectivity index (χ0) is 24.7. The second-order valence-electron chi connectivity index (χ2n) is 8.14. The maximum atomic E-state index is 13.8. The Morgan fingerprint density at radius 3 is 2.57 bits per heavy atom. The molecule has 1 aromatic carbocycles. The second-order valence-corrected chi connectivity index (χ2v) is 8.14. The molecule has 10 heteroatoms.